The van der Waals surface area contributed by atoms with E-state index in [1.165, 1.54) is 82.5 Å². The van der Waals surface area contributed by atoms with Crippen molar-refractivity contribution < 1.29 is 4.42 Å². The Kier molecular flexibility index (Phi) is 11.9. The Bertz CT molecular complexity index is 4520. The largest absolute Gasteiger partial charge is 0.456 e. The lowest BCUT2D eigenvalue weighted by Gasteiger charge is -2.31. The molecule has 14 aromatic rings. The third kappa shape index (κ3) is 8.29. The number of hydrogen-bond acceptors (Lipinski definition) is 3. The maximum Gasteiger partial charge on any atom is 0.135 e. The van der Waals surface area contributed by atoms with Gasteiger partial charge in [-0.05, 0) is 156 Å². The van der Waals surface area contributed by atoms with E-state index < -0.39 is 0 Å². The number of nitrogens with zero attached hydrogens (tertiary/aromatic N) is 2. The van der Waals surface area contributed by atoms with Crippen molar-refractivity contribution in [1.29, 1.82) is 0 Å². The van der Waals surface area contributed by atoms with Gasteiger partial charge < -0.3 is 14.2 Å². The Labute approximate surface area is 462 Å². The molecule has 0 amide bonds. The van der Waals surface area contributed by atoms with Crippen LogP contribution in [0.25, 0.3) is 98.8 Å². The zero-order chi connectivity index (χ0) is 53.1. The van der Waals surface area contributed by atoms with Crippen molar-refractivity contribution >= 4 is 88.4 Å². The summed E-state index contributed by atoms with van der Waals surface area (Å²) < 4.78 is 6.36. The van der Waals surface area contributed by atoms with Gasteiger partial charge in [-0.2, -0.15) is 0 Å². The van der Waals surface area contributed by atoms with E-state index in [-0.39, 0.29) is 11.8 Å². The summed E-state index contributed by atoms with van der Waals surface area (Å²) in [5.41, 5.74) is 20.6. The van der Waals surface area contributed by atoms with Gasteiger partial charge in [0.15, 0.2) is 0 Å². The van der Waals surface area contributed by atoms with Gasteiger partial charge in [0.1, 0.15) is 11.2 Å². The second kappa shape index (κ2) is 19.7. The number of anilines is 6. The van der Waals surface area contributed by atoms with E-state index in [9.17, 15) is 0 Å². The molecule has 1 heterocycles. The zero-order valence-electron chi connectivity index (χ0n) is 44.9. The van der Waals surface area contributed by atoms with Gasteiger partial charge in [-0.1, -0.05) is 222 Å². The van der Waals surface area contributed by atoms with Crippen molar-refractivity contribution in [2.75, 3.05) is 9.80 Å². The fourth-order valence-corrected chi connectivity index (χ4v) is 12.4. The molecule has 378 valence electrons. The molecule has 0 spiro atoms. The van der Waals surface area contributed by atoms with Crippen molar-refractivity contribution in [3.05, 3.63) is 278 Å². The third-order valence-corrected chi connectivity index (χ3v) is 16.2. The lowest BCUT2D eigenvalue weighted by molar-refractivity contribution is 0.669. The van der Waals surface area contributed by atoms with Crippen LogP contribution in [0.4, 0.5) is 34.1 Å². The summed E-state index contributed by atoms with van der Waals surface area (Å²) in [5, 5.41) is 9.92. The molecule has 0 aliphatic heterocycles. The first kappa shape index (κ1) is 47.7. The Hall–Kier alpha value is -9.70. The van der Waals surface area contributed by atoms with Gasteiger partial charge in [0.2, 0.25) is 0 Å². The Balaban J connectivity index is 0.973. The highest BCUT2D eigenvalue weighted by Gasteiger charge is 2.26. The highest BCUT2D eigenvalue weighted by molar-refractivity contribution is 6.29. The van der Waals surface area contributed by atoms with Gasteiger partial charge in [0.25, 0.3) is 0 Å². The lowest BCUT2D eigenvalue weighted by Crippen LogP contribution is -2.13. The second-order valence-electron chi connectivity index (χ2n) is 21.6. The van der Waals surface area contributed by atoms with E-state index in [4.69, 9.17) is 4.42 Å². The summed E-state index contributed by atoms with van der Waals surface area (Å²) in [4.78, 5) is 4.93. The molecule has 0 aliphatic carbocycles. The average Bonchev–Trinajstić information content (AvgIpc) is 4.07. The van der Waals surface area contributed by atoms with E-state index >= 15 is 0 Å². The quantitative estimate of drug-likeness (QED) is 0.114. The van der Waals surface area contributed by atoms with Crippen LogP contribution in [-0.4, -0.2) is 0 Å². The molecule has 0 N–H and O–H groups in total. The summed E-state index contributed by atoms with van der Waals surface area (Å²) in [7, 11) is 0. The Morgan fingerprint density at radius 2 is 0.696 bits per heavy atom. The number of hydrogen-bond donors (Lipinski definition) is 0. The molecule has 79 heavy (non-hydrogen) atoms. The van der Waals surface area contributed by atoms with Gasteiger partial charge in [-0.15, -0.1) is 0 Å². The smallest absolute Gasteiger partial charge is 0.135 e. The summed E-state index contributed by atoms with van der Waals surface area (Å²) in [6.07, 6.45) is 0. The third-order valence-electron chi connectivity index (χ3n) is 16.2. The molecule has 0 aliphatic rings. The van der Waals surface area contributed by atoms with Crippen LogP contribution in [0.1, 0.15) is 50.7 Å². The summed E-state index contributed by atoms with van der Waals surface area (Å²) >= 11 is 0. The molecule has 3 heteroatoms. The molecule has 1 aromatic heterocycles. The minimum atomic E-state index is 0.259. The summed E-state index contributed by atoms with van der Waals surface area (Å²) in [6, 6.07) is 97.8. The Morgan fingerprint density at radius 3 is 1.32 bits per heavy atom. The zero-order valence-corrected chi connectivity index (χ0v) is 44.9. The van der Waals surface area contributed by atoms with Gasteiger partial charge in [-0.3, -0.25) is 0 Å². The molecular weight excluding hydrogens is 957 g/mol. The van der Waals surface area contributed by atoms with Crippen LogP contribution in [0.5, 0.6) is 0 Å². The van der Waals surface area contributed by atoms with Crippen molar-refractivity contribution in [2.45, 2.75) is 39.5 Å². The SMILES string of the molecule is CC(C)c1cc(-c2ccc(N(c3ccc4oc5ccccc5c4c3)c3ccccc3-c3ccccc3)cc2)c2ccc3c(C(C)C)cc(N(c4ccc(-c5ccccc5)cc4)c4ccccc4-c4ccccc4)c4ccc1c2c34. The van der Waals surface area contributed by atoms with Crippen LogP contribution < -0.4 is 9.80 Å². The number of benzene rings is 13. The first-order valence-corrected chi connectivity index (χ1v) is 27.7. The van der Waals surface area contributed by atoms with E-state index in [1.807, 2.05) is 6.07 Å². The minimum absolute atomic E-state index is 0.259. The van der Waals surface area contributed by atoms with Crippen LogP contribution in [0.2, 0.25) is 0 Å². The van der Waals surface area contributed by atoms with Gasteiger partial charge in [0, 0.05) is 44.3 Å². The molecule has 0 unspecified atom stereocenters. The van der Waals surface area contributed by atoms with Crippen molar-refractivity contribution in [1.82, 2.24) is 0 Å². The molecule has 0 radical (unpaired) electrons. The van der Waals surface area contributed by atoms with Crippen LogP contribution in [0.3, 0.4) is 0 Å². The predicted molar refractivity (Wildman–Crippen MR) is 337 cm³/mol. The predicted octanol–water partition coefficient (Wildman–Crippen LogP) is 22.3. The van der Waals surface area contributed by atoms with Crippen LogP contribution in [0.15, 0.2) is 271 Å². The topological polar surface area (TPSA) is 19.6 Å². The molecule has 0 fully saturated rings. The fraction of sp³-hybridized carbons (Fsp3) is 0.0789. The molecule has 0 saturated heterocycles. The maximum atomic E-state index is 6.36. The van der Waals surface area contributed by atoms with Gasteiger partial charge >= 0.3 is 0 Å². The van der Waals surface area contributed by atoms with E-state index in [1.54, 1.807) is 0 Å². The van der Waals surface area contributed by atoms with Crippen molar-refractivity contribution in [3.63, 3.8) is 0 Å². The van der Waals surface area contributed by atoms with E-state index in [2.05, 4.69) is 298 Å². The minimum Gasteiger partial charge on any atom is -0.456 e. The average molecular weight is 1020 g/mol. The molecule has 0 atom stereocenters. The fourth-order valence-electron chi connectivity index (χ4n) is 12.4. The van der Waals surface area contributed by atoms with Crippen LogP contribution >= 0.6 is 0 Å². The molecule has 3 nitrogen and oxygen atoms in total. The lowest BCUT2D eigenvalue weighted by atomic mass is 9.82. The molecule has 0 bridgehead atoms. The van der Waals surface area contributed by atoms with Crippen LogP contribution in [0, 0.1) is 0 Å². The standard InChI is InChI=1S/C76H58N2O/c1-49(2)66-47-68(55-34-38-56(39-35-55)77(70-29-17-14-26-59(70)53-22-10-6-11-23-53)58-40-45-74-69(46-58)61-28-16-19-31-73(61)79-74)64-42-41-63-67(50(3)4)48-72(65-44-43-62(66)75(64)76(63)65)78(57-36-32-52(33-37-57)51-20-8-5-9-21-51)71-30-18-15-27-60(71)54-24-12-7-13-25-54/h5-50H,1-4H3. The Morgan fingerprint density at radius 1 is 0.266 bits per heavy atom. The molecule has 0 saturated carbocycles. The first-order valence-electron chi connectivity index (χ1n) is 27.7. The molecule has 14 rings (SSSR count). The summed E-state index contributed by atoms with van der Waals surface area (Å²) in [5.74, 6) is 0.539. The molecular formula is C76H58N2O. The number of rotatable bonds is 12. The summed E-state index contributed by atoms with van der Waals surface area (Å²) in [6.45, 7) is 9.37. The number of fused-ring (bicyclic) bond motifs is 3. The van der Waals surface area contributed by atoms with Crippen molar-refractivity contribution in [2.24, 2.45) is 0 Å². The number of furan rings is 1. The first-order chi connectivity index (χ1) is 38.9. The van der Waals surface area contributed by atoms with Gasteiger partial charge in [0.05, 0.1) is 17.1 Å². The molecule has 13 aromatic carbocycles. The highest BCUT2D eigenvalue weighted by atomic mass is 16.3. The van der Waals surface area contributed by atoms with Crippen molar-refractivity contribution in [3.8, 4) is 44.5 Å². The normalized spacial score (nSPS) is 11.8. The monoisotopic (exact) mass is 1010 g/mol. The van der Waals surface area contributed by atoms with E-state index in [0.29, 0.717) is 0 Å². The maximum absolute atomic E-state index is 6.36. The van der Waals surface area contributed by atoms with E-state index in [0.717, 1.165) is 61.5 Å². The second-order valence-corrected chi connectivity index (χ2v) is 21.6. The van der Waals surface area contributed by atoms with Gasteiger partial charge in [-0.25, -0.2) is 0 Å². The van der Waals surface area contributed by atoms with Crippen LogP contribution in [-0.2, 0) is 0 Å². The number of para-hydroxylation sites is 3. The highest BCUT2D eigenvalue weighted by Crippen LogP contribution is 2.51.